The van der Waals surface area contributed by atoms with Crippen molar-refractivity contribution in [1.82, 2.24) is 5.32 Å². The number of hydrogen-bond acceptors (Lipinski definition) is 2. The molecular weight excluding hydrogens is 256 g/mol. The Balaban J connectivity index is 2.15. The summed E-state index contributed by atoms with van der Waals surface area (Å²) in [5.41, 5.74) is 2.09. The number of anilines is 1. The van der Waals surface area contributed by atoms with Crippen LogP contribution in [-0.2, 0) is 0 Å². The fourth-order valence-electron chi connectivity index (χ4n) is 2.37. The van der Waals surface area contributed by atoms with Gasteiger partial charge in [0.05, 0.1) is 11.3 Å². The summed E-state index contributed by atoms with van der Waals surface area (Å²) in [6, 6.07) is 3.19. The molecular formula is C15H20N2O3. The second-order valence-corrected chi connectivity index (χ2v) is 5.53. The molecule has 1 atom stereocenters. The predicted molar refractivity (Wildman–Crippen MR) is 77.2 cm³/mol. The smallest absolute Gasteiger partial charge is 0.337 e. The van der Waals surface area contributed by atoms with E-state index in [1.54, 1.807) is 13.0 Å². The number of aromatic carboxylic acids is 1. The molecule has 1 aromatic carbocycles. The number of carboxylic acid groups (broad SMARTS) is 1. The molecule has 0 heterocycles. The normalized spacial score (nSPS) is 15.6. The average Bonchev–Trinajstić information content (AvgIpc) is 3.15. The molecule has 0 radical (unpaired) electrons. The zero-order valence-corrected chi connectivity index (χ0v) is 12.0. The Bertz CT molecular complexity index is 550. The maximum atomic E-state index is 12.0. The lowest BCUT2D eigenvalue weighted by Crippen LogP contribution is -2.37. The highest BCUT2D eigenvalue weighted by Crippen LogP contribution is 2.32. The third-order valence-corrected chi connectivity index (χ3v) is 3.64. The molecule has 1 fully saturated rings. The Morgan fingerprint density at radius 2 is 1.95 bits per heavy atom. The van der Waals surface area contributed by atoms with Crippen LogP contribution in [0.5, 0.6) is 0 Å². The monoisotopic (exact) mass is 276 g/mol. The lowest BCUT2D eigenvalue weighted by molar-refractivity contribution is 0.0698. The minimum absolute atomic E-state index is 0.119. The van der Waals surface area contributed by atoms with Crippen molar-refractivity contribution >= 4 is 17.7 Å². The molecule has 2 rings (SSSR count). The molecule has 0 bridgehead atoms. The summed E-state index contributed by atoms with van der Waals surface area (Å²) in [7, 11) is 0. The molecule has 0 saturated heterocycles. The van der Waals surface area contributed by atoms with Crippen molar-refractivity contribution in [2.75, 3.05) is 5.32 Å². The number of urea groups is 1. The van der Waals surface area contributed by atoms with Crippen molar-refractivity contribution in [3.8, 4) is 0 Å². The Kier molecular flexibility index (Phi) is 3.97. The molecule has 0 spiro atoms. The highest BCUT2D eigenvalue weighted by molar-refractivity contribution is 6.01. The van der Waals surface area contributed by atoms with E-state index >= 15 is 0 Å². The van der Waals surface area contributed by atoms with Crippen molar-refractivity contribution in [3.63, 3.8) is 0 Å². The van der Waals surface area contributed by atoms with Crippen LogP contribution in [0.4, 0.5) is 10.5 Å². The Labute approximate surface area is 118 Å². The highest BCUT2D eigenvalue weighted by Gasteiger charge is 2.29. The molecule has 1 aromatic rings. The fraction of sp³-hybridized carbons (Fsp3) is 0.467. The number of rotatable bonds is 4. The molecule has 5 heteroatoms. The number of carbonyl (C=O) groups is 2. The predicted octanol–water partition coefficient (Wildman–Crippen LogP) is 2.92. The SMILES string of the molecule is Cc1cc(C)c(NC(=O)NC(C)C2CC2)c(C(=O)O)c1. The van der Waals surface area contributed by atoms with Gasteiger partial charge in [0.15, 0.2) is 0 Å². The van der Waals surface area contributed by atoms with Crippen LogP contribution in [0.1, 0.15) is 41.3 Å². The Morgan fingerprint density at radius 1 is 1.30 bits per heavy atom. The average molecular weight is 276 g/mol. The van der Waals surface area contributed by atoms with Gasteiger partial charge >= 0.3 is 12.0 Å². The minimum atomic E-state index is -1.04. The molecule has 5 nitrogen and oxygen atoms in total. The van der Waals surface area contributed by atoms with Crippen LogP contribution in [0, 0.1) is 19.8 Å². The summed E-state index contributed by atoms with van der Waals surface area (Å²) in [4.78, 5) is 23.2. The standard InChI is InChI=1S/C15H20N2O3/c1-8-6-9(2)13(12(7-8)14(18)19)17-15(20)16-10(3)11-4-5-11/h6-7,10-11H,4-5H2,1-3H3,(H,18,19)(H2,16,17,20). The van der Waals surface area contributed by atoms with E-state index in [1.807, 2.05) is 19.9 Å². The van der Waals surface area contributed by atoms with Crippen molar-refractivity contribution in [2.24, 2.45) is 5.92 Å². The van der Waals surface area contributed by atoms with E-state index in [0.717, 1.165) is 24.0 Å². The van der Waals surface area contributed by atoms with Gasteiger partial charge in [-0.1, -0.05) is 6.07 Å². The number of carbonyl (C=O) groups excluding carboxylic acids is 1. The first-order valence-corrected chi connectivity index (χ1v) is 6.80. The molecule has 2 amide bonds. The quantitative estimate of drug-likeness (QED) is 0.791. The van der Waals surface area contributed by atoms with Gasteiger partial charge in [0.2, 0.25) is 0 Å². The molecule has 0 aromatic heterocycles. The molecule has 108 valence electrons. The molecule has 0 aliphatic heterocycles. The molecule has 3 N–H and O–H groups in total. The lowest BCUT2D eigenvalue weighted by Gasteiger charge is -2.16. The van der Waals surface area contributed by atoms with Crippen molar-refractivity contribution in [1.29, 1.82) is 0 Å². The van der Waals surface area contributed by atoms with E-state index in [-0.39, 0.29) is 17.6 Å². The summed E-state index contributed by atoms with van der Waals surface area (Å²) >= 11 is 0. The van der Waals surface area contributed by atoms with E-state index in [9.17, 15) is 14.7 Å². The van der Waals surface area contributed by atoms with Crippen molar-refractivity contribution in [2.45, 2.75) is 39.7 Å². The van der Waals surface area contributed by atoms with Gasteiger partial charge in [0.1, 0.15) is 0 Å². The Morgan fingerprint density at radius 3 is 2.50 bits per heavy atom. The van der Waals surface area contributed by atoms with Gasteiger partial charge in [-0.2, -0.15) is 0 Å². The molecule has 1 aliphatic rings. The van der Waals surface area contributed by atoms with E-state index in [1.165, 1.54) is 0 Å². The zero-order valence-electron chi connectivity index (χ0n) is 12.0. The third-order valence-electron chi connectivity index (χ3n) is 3.64. The Hall–Kier alpha value is -2.04. The van der Waals surface area contributed by atoms with E-state index in [0.29, 0.717) is 11.6 Å². The summed E-state index contributed by atoms with van der Waals surface area (Å²) in [5.74, 6) is -0.485. The largest absolute Gasteiger partial charge is 0.478 e. The molecule has 1 saturated carbocycles. The van der Waals surface area contributed by atoms with Gasteiger partial charge in [-0.3, -0.25) is 0 Å². The van der Waals surface area contributed by atoms with Crippen LogP contribution < -0.4 is 10.6 Å². The zero-order chi connectivity index (χ0) is 14.9. The van der Waals surface area contributed by atoms with Gasteiger partial charge in [-0.15, -0.1) is 0 Å². The van der Waals surface area contributed by atoms with Crippen LogP contribution in [0.2, 0.25) is 0 Å². The van der Waals surface area contributed by atoms with E-state index in [2.05, 4.69) is 10.6 Å². The molecule has 1 aliphatic carbocycles. The number of benzene rings is 1. The van der Waals surface area contributed by atoms with Crippen LogP contribution in [0.25, 0.3) is 0 Å². The first-order valence-electron chi connectivity index (χ1n) is 6.80. The van der Waals surface area contributed by atoms with Gasteiger partial charge < -0.3 is 15.7 Å². The topological polar surface area (TPSA) is 78.4 Å². The maximum absolute atomic E-state index is 12.0. The second kappa shape index (κ2) is 5.53. The summed E-state index contributed by atoms with van der Waals surface area (Å²) in [6.45, 7) is 5.59. The minimum Gasteiger partial charge on any atom is -0.478 e. The van der Waals surface area contributed by atoms with Crippen LogP contribution >= 0.6 is 0 Å². The van der Waals surface area contributed by atoms with Crippen LogP contribution in [0.3, 0.4) is 0 Å². The third kappa shape index (κ3) is 3.29. The molecule has 1 unspecified atom stereocenters. The summed E-state index contributed by atoms with van der Waals surface area (Å²) in [6.07, 6.45) is 2.29. The van der Waals surface area contributed by atoms with Crippen molar-refractivity contribution in [3.05, 3.63) is 28.8 Å². The van der Waals surface area contributed by atoms with Crippen molar-refractivity contribution < 1.29 is 14.7 Å². The van der Waals surface area contributed by atoms with E-state index in [4.69, 9.17) is 0 Å². The van der Waals surface area contributed by atoms with Gasteiger partial charge in [0.25, 0.3) is 0 Å². The number of nitrogens with one attached hydrogen (secondary N) is 2. The van der Waals surface area contributed by atoms with Gasteiger partial charge in [-0.25, -0.2) is 9.59 Å². The number of amides is 2. The number of carboxylic acids is 1. The molecule has 20 heavy (non-hydrogen) atoms. The first kappa shape index (κ1) is 14.4. The maximum Gasteiger partial charge on any atom is 0.337 e. The van der Waals surface area contributed by atoms with Crippen LogP contribution in [-0.4, -0.2) is 23.1 Å². The van der Waals surface area contributed by atoms with E-state index < -0.39 is 5.97 Å². The number of aryl methyl sites for hydroxylation is 2. The summed E-state index contributed by atoms with van der Waals surface area (Å²) < 4.78 is 0. The van der Waals surface area contributed by atoms with Crippen LogP contribution in [0.15, 0.2) is 12.1 Å². The fourth-order valence-corrected chi connectivity index (χ4v) is 2.37. The van der Waals surface area contributed by atoms with Gasteiger partial charge in [0, 0.05) is 6.04 Å². The first-order chi connectivity index (χ1) is 9.38. The van der Waals surface area contributed by atoms with Gasteiger partial charge in [-0.05, 0) is 56.7 Å². The highest BCUT2D eigenvalue weighted by atomic mass is 16.4. The summed E-state index contributed by atoms with van der Waals surface area (Å²) in [5, 5.41) is 14.8. The number of hydrogen-bond donors (Lipinski definition) is 3. The lowest BCUT2D eigenvalue weighted by atomic mass is 10.0. The second-order valence-electron chi connectivity index (χ2n) is 5.53.